The van der Waals surface area contributed by atoms with Gasteiger partial charge in [-0.1, -0.05) is 13.3 Å². The Labute approximate surface area is 131 Å². The standard InChI is InChI=1S/C14H18F3N3O3/c1-2-3-8-23-11-6-4-10(5-7-11)12(21)19-20-13(22)18-9-14(15,16)17/h4-7H,2-3,8-9H2,1H3,(H,19,21)(H2,18,20,22). The van der Waals surface area contributed by atoms with Gasteiger partial charge < -0.3 is 10.1 Å². The summed E-state index contributed by atoms with van der Waals surface area (Å²) < 4.78 is 41.1. The molecule has 0 spiro atoms. The van der Waals surface area contributed by atoms with E-state index in [4.69, 9.17) is 4.74 Å². The van der Waals surface area contributed by atoms with Crippen molar-refractivity contribution >= 4 is 11.9 Å². The predicted molar refractivity (Wildman–Crippen MR) is 76.9 cm³/mol. The van der Waals surface area contributed by atoms with Crippen molar-refractivity contribution in [2.24, 2.45) is 0 Å². The summed E-state index contributed by atoms with van der Waals surface area (Å²) in [7, 11) is 0. The van der Waals surface area contributed by atoms with Crippen LogP contribution < -0.4 is 20.9 Å². The fourth-order valence-corrected chi connectivity index (χ4v) is 1.45. The third-order valence-corrected chi connectivity index (χ3v) is 2.62. The van der Waals surface area contributed by atoms with Crippen molar-refractivity contribution in [1.82, 2.24) is 16.2 Å². The van der Waals surface area contributed by atoms with E-state index >= 15 is 0 Å². The van der Waals surface area contributed by atoms with Crippen LogP contribution in [0.25, 0.3) is 0 Å². The molecule has 128 valence electrons. The molecule has 0 saturated carbocycles. The maximum absolute atomic E-state index is 11.9. The van der Waals surface area contributed by atoms with Crippen LogP contribution in [0.4, 0.5) is 18.0 Å². The van der Waals surface area contributed by atoms with Crippen molar-refractivity contribution in [3.63, 3.8) is 0 Å². The monoisotopic (exact) mass is 333 g/mol. The molecule has 1 rings (SSSR count). The van der Waals surface area contributed by atoms with Crippen molar-refractivity contribution < 1.29 is 27.5 Å². The summed E-state index contributed by atoms with van der Waals surface area (Å²) in [6.45, 7) is 1.12. The second kappa shape index (κ2) is 8.86. The molecule has 0 aliphatic rings. The Morgan fingerprint density at radius 1 is 1.13 bits per heavy atom. The molecule has 0 saturated heterocycles. The average molecular weight is 333 g/mol. The topological polar surface area (TPSA) is 79.5 Å². The highest BCUT2D eigenvalue weighted by Gasteiger charge is 2.27. The molecule has 0 heterocycles. The van der Waals surface area contributed by atoms with E-state index in [1.807, 2.05) is 17.8 Å². The zero-order valence-electron chi connectivity index (χ0n) is 12.5. The van der Waals surface area contributed by atoms with Gasteiger partial charge in [-0.15, -0.1) is 0 Å². The normalized spacial score (nSPS) is 10.8. The van der Waals surface area contributed by atoms with Crippen LogP contribution in [-0.2, 0) is 0 Å². The maximum Gasteiger partial charge on any atom is 0.405 e. The largest absolute Gasteiger partial charge is 0.494 e. The molecule has 0 aliphatic heterocycles. The predicted octanol–water partition coefficient (Wildman–Crippen LogP) is 2.37. The first-order valence-electron chi connectivity index (χ1n) is 6.95. The summed E-state index contributed by atoms with van der Waals surface area (Å²) in [5.74, 6) is -0.0573. The Hall–Kier alpha value is -2.45. The van der Waals surface area contributed by atoms with Gasteiger partial charge in [-0.2, -0.15) is 13.2 Å². The highest BCUT2D eigenvalue weighted by Crippen LogP contribution is 2.13. The lowest BCUT2D eigenvalue weighted by molar-refractivity contribution is -0.122. The molecule has 0 fully saturated rings. The first-order chi connectivity index (χ1) is 10.8. The molecule has 0 unspecified atom stereocenters. The van der Waals surface area contributed by atoms with Gasteiger partial charge in [0.05, 0.1) is 6.61 Å². The molecule has 0 aromatic heterocycles. The number of amides is 3. The molecule has 1 aromatic rings. The smallest absolute Gasteiger partial charge is 0.405 e. The summed E-state index contributed by atoms with van der Waals surface area (Å²) in [5.41, 5.74) is 4.05. The summed E-state index contributed by atoms with van der Waals surface area (Å²) >= 11 is 0. The number of hydrazine groups is 1. The third kappa shape index (κ3) is 7.93. The van der Waals surface area contributed by atoms with E-state index in [-0.39, 0.29) is 5.56 Å². The molecule has 3 amide bonds. The van der Waals surface area contributed by atoms with Crippen LogP contribution in [0.5, 0.6) is 5.75 Å². The Balaban J connectivity index is 2.38. The van der Waals surface area contributed by atoms with Crippen LogP contribution in [0.3, 0.4) is 0 Å². The number of hydrogen-bond donors (Lipinski definition) is 3. The Morgan fingerprint density at radius 2 is 1.78 bits per heavy atom. The molecule has 1 aromatic carbocycles. The molecular formula is C14H18F3N3O3. The first-order valence-corrected chi connectivity index (χ1v) is 6.95. The number of unbranched alkanes of at least 4 members (excludes halogenated alkanes) is 1. The molecule has 23 heavy (non-hydrogen) atoms. The number of carbonyl (C=O) groups is 2. The number of carbonyl (C=O) groups excluding carboxylic acids is 2. The lowest BCUT2D eigenvalue weighted by Gasteiger charge is -2.11. The van der Waals surface area contributed by atoms with Crippen LogP contribution in [0.15, 0.2) is 24.3 Å². The maximum atomic E-state index is 11.9. The quantitative estimate of drug-likeness (QED) is 0.552. The summed E-state index contributed by atoms with van der Waals surface area (Å²) in [4.78, 5) is 22.8. The fraction of sp³-hybridized carbons (Fsp3) is 0.429. The second-order valence-corrected chi connectivity index (χ2v) is 4.60. The lowest BCUT2D eigenvalue weighted by Crippen LogP contribution is -2.48. The number of halogens is 3. The van der Waals surface area contributed by atoms with E-state index in [0.29, 0.717) is 12.4 Å². The van der Waals surface area contributed by atoms with E-state index in [2.05, 4.69) is 0 Å². The Bertz CT molecular complexity index is 518. The number of ether oxygens (including phenoxy) is 1. The molecule has 0 atom stereocenters. The SMILES string of the molecule is CCCCOc1ccc(C(=O)NNC(=O)NCC(F)(F)F)cc1. The van der Waals surface area contributed by atoms with Crippen LogP contribution in [0.1, 0.15) is 30.1 Å². The van der Waals surface area contributed by atoms with Gasteiger partial charge in [0.1, 0.15) is 12.3 Å². The second-order valence-electron chi connectivity index (χ2n) is 4.60. The minimum atomic E-state index is -4.52. The van der Waals surface area contributed by atoms with E-state index in [9.17, 15) is 22.8 Å². The summed E-state index contributed by atoms with van der Waals surface area (Å²) in [5, 5.41) is 1.56. The van der Waals surface area contributed by atoms with E-state index in [0.717, 1.165) is 12.8 Å². The highest BCUT2D eigenvalue weighted by atomic mass is 19.4. The van der Waals surface area contributed by atoms with Crippen LogP contribution >= 0.6 is 0 Å². The number of urea groups is 1. The molecule has 0 aliphatic carbocycles. The molecular weight excluding hydrogens is 315 g/mol. The molecule has 0 radical (unpaired) electrons. The zero-order valence-corrected chi connectivity index (χ0v) is 12.5. The Kier molecular flexibility index (Phi) is 7.17. The first kappa shape index (κ1) is 18.6. The molecule has 9 heteroatoms. The van der Waals surface area contributed by atoms with E-state index < -0.39 is 24.7 Å². The number of hydrogen-bond acceptors (Lipinski definition) is 3. The van der Waals surface area contributed by atoms with Crippen LogP contribution in [0.2, 0.25) is 0 Å². The average Bonchev–Trinajstić information content (AvgIpc) is 2.51. The van der Waals surface area contributed by atoms with Crippen molar-refractivity contribution in [2.45, 2.75) is 25.9 Å². The number of alkyl halides is 3. The van der Waals surface area contributed by atoms with Crippen LogP contribution in [0, 0.1) is 0 Å². The van der Waals surface area contributed by atoms with Gasteiger partial charge in [0.15, 0.2) is 0 Å². The van der Waals surface area contributed by atoms with Gasteiger partial charge in [0, 0.05) is 5.56 Å². The Morgan fingerprint density at radius 3 is 2.35 bits per heavy atom. The van der Waals surface area contributed by atoms with Gasteiger partial charge in [-0.3, -0.25) is 10.2 Å². The van der Waals surface area contributed by atoms with Crippen molar-refractivity contribution in [3.8, 4) is 5.75 Å². The molecule has 3 N–H and O–H groups in total. The lowest BCUT2D eigenvalue weighted by atomic mass is 10.2. The minimum Gasteiger partial charge on any atom is -0.494 e. The van der Waals surface area contributed by atoms with Crippen molar-refractivity contribution in [1.29, 1.82) is 0 Å². The minimum absolute atomic E-state index is 0.226. The molecule has 0 bridgehead atoms. The highest BCUT2D eigenvalue weighted by molar-refractivity contribution is 5.95. The van der Waals surface area contributed by atoms with Crippen molar-refractivity contribution in [2.75, 3.05) is 13.2 Å². The number of benzene rings is 1. The van der Waals surface area contributed by atoms with Crippen LogP contribution in [-0.4, -0.2) is 31.3 Å². The number of nitrogens with one attached hydrogen (secondary N) is 3. The summed E-state index contributed by atoms with van der Waals surface area (Å²) in [6, 6.07) is 4.98. The van der Waals surface area contributed by atoms with Gasteiger partial charge in [0.25, 0.3) is 5.91 Å². The van der Waals surface area contributed by atoms with E-state index in [1.165, 1.54) is 12.1 Å². The van der Waals surface area contributed by atoms with Gasteiger partial charge in [-0.05, 0) is 30.7 Å². The van der Waals surface area contributed by atoms with Crippen molar-refractivity contribution in [3.05, 3.63) is 29.8 Å². The molecule has 6 nitrogen and oxygen atoms in total. The van der Waals surface area contributed by atoms with E-state index in [1.54, 1.807) is 17.4 Å². The zero-order chi connectivity index (χ0) is 17.3. The van der Waals surface area contributed by atoms with Gasteiger partial charge >= 0.3 is 12.2 Å². The van der Waals surface area contributed by atoms with Gasteiger partial charge in [-0.25, -0.2) is 10.2 Å². The third-order valence-electron chi connectivity index (χ3n) is 2.62. The summed E-state index contributed by atoms with van der Waals surface area (Å²) in [6.07, 6.45) is -2.60. The van der Waals surface area contributed by atoms with Gasteiger partial charge in [0.2, 0.25) is 0 Å². The number of rotatable bonds is 6. The fourth-order valence-electron chi connectivity index (χ4n) is 1.45.